The molecule has 9 nitrogen and oxygen atoms in total. The number of methoxy groups -OCH3 is 1. The zero-order chi connectivity index (χ0) is 26.1. The Morgan fingerprint density at radius 2 is 1.86 bits per heavy atom. The Balaban J connectivity index is 1.49. The van der Waals surface area contributed by atoms with Gasteiger partial charge >= 0.3 is 6.03 Å². The van der Waals surface area contributed by atoms with Crippen LogP contribution in [0.1, 0.15) is 44.5 Å². The number of sulfonamides is 1. The second-order valence-corrected chi connectivity index (χ2v) is 11.0. The van der Waals surface area contributed by atoms with Gasteiger partial charge in [-0.25, -0.2) is 13.2 Å². The van der Waals surface area contributed by atoms with Crippen LogP contribution in [0.4, 0.5) is 10.5 Å². The van der Waals surface area contributed by atoms with E-state index < -0.39 is 10.0 Å². The lowest BCUT2D eigenvalue weighted by molar-refractivity contribution is 0.159. The molecule has 0 aliphatic carbocycles. The van der Waals surface area contributed by atoms with Crippen molar-refractivity contribution >= 4 is 21.7 Å². The average Bonchev–Trinajstić information content (AvgIpc) is 2.87. The van der Waals surface area contributed by atoms with Crippen molar-refractivity contribution in [1.29, 1.82) is 0 Å². The lowest BCUT2D eigenvalue weighted by Crippen LogP contribution is -2.48. The molecule has 2 amide bonds. The summed E-state index contributed by atoms with van der Waals surface area (Å²) in [5.74, 6) is 0.633. The molecule has 0 bridgehead atoms. The molecule has 198 valence electrons. The highest BCUT2D eigenvalue weighted by Gasteiger charge is 2.33. The molecule has 1 aliphatic heterocycles. The minimum Gasteiger partial charge on any atom is -0.497 e. The van der Waals surface area contributed by atoms with Crippen molar-refractivity contribution in [2.24, 2.45) is 0 Å². The van der Waals surface area contributed by atoms with Crippen molar-refractivity contribution in [3.63, 3.8) is 0 Å². The van der Waals surface area contributed by atoms with Gasteiger partial charge in [-0.05, 0) is 82.1 Å². The number of nitrogens with one attached hydrogen (secondary N) is 2. The maximum Gasteiger partial charge on any atom is 0.319 e. The summed E-state index contributed by atoms with van der Waals surface area (Å²) in [6.07, 6.45) is 3.09. The summed E-state index contributed by atoms with van der Waals surface area (Å²) < 4.78 is 33.6. The number of carbonyl (C=O) groups excluding carboxylic acids is 1. The van der Waals surface area contributed by atoms with Crippen molar-refractivity contribution in [2.45, 2.75) is 57.4 Å². The molecule has 1 aromatic heterocycles. The first-order valence-electron chi connectivity index (χ1n) is 12.7. The molecule has 0 unspecified atom stereocenters. The monoisotopic (exact) mass is 517 g/mol. The molecule has 0 saturated carbocycles. The van der Waals surface area contributed by atoms with E-state index >= 15 is 0 Å². The molecule has 0 radical (unpaired) electrons. The van der Waals surface area contributed by atoms with Gasteiger partial charge in [0.2, 0.25) is 10.0 Å². The second-order valence-electron chi connectivity index (χ2n) is 9.09. The van der Waals surface area contributed by atoms with Crippen molar-refractivity contribution in [1.82, 2.24) is 19.5 Å². The number of aromatic nitrogens is 1. The highest BCUT2D eigenvalue weighted by molar-refractivity contribution is 7.89. The molecule has 3 rings (SSSR count). The Bertz CT molecular complexity index is 1100. The van der Waals surface area contributed by atoms with Crippen LogP contribution in [-0.4, -0.2) is 74.5 Å². The normalized spacial score (nSPS) is 15.1. The van der Waals surface area contributed by atoms with Crippen LogP contribution in [0, 0.1) is 6.92 Å². The van der Waals surface area contributed by atoms with E-state index in [4.69, 9.17) is 4.74 Å². The van der Waals surface area contributed by atoms with E-state index in [2.05, 4.69) is 20.5 Å². The van der Waals surface area contributed by atoms with E-state index in [1.807, 2.05) is 32.9 Å². The first-order valence-corrected chi connectivity index (χ1v) is 14.1. The van der Waals surface area contributed by atoms with Crippen LogP contribution in [0.5, 0.6) is 5.75 Å². The summed E-state index contributed by atoms with van der Waals surface area (Å²) in [6, 6.07) is 10.1. The number of rotatable bonds is 11. The molecular weight excluding hydrogens is 478 g/mol. The number of pyridine rings is 1. The van der Waals surface area contributed by atoms with Gasteiger partial charge in [0.1, 0.15) is 5.75 Å². The Labute approximate surface area is 215 Å². The highest BCUT2D eigenvalue weighted by atomic mass is 32.2. The maximum atomic E-state index is 13.4. The molecule has 0 atom stereocenters. The van der Waals surface area contributed by atoms with Gasteiger partial charge in [0, 0.05) is 42.8 Å². The molecule has 36 heavy (non-hydrogen) atoms. The number of likely N-dealkylation sites (tertiary alicyclic amines) is 1. The van der Waals surface area contributed by atoms with Gasteiger partial charge in [0.05, 0.1) is 12.0 Å². The third kappa shape index (κ3) is 7.41. The van der Waals surface area contributed by atoms with Gasteiger partial charge in [0.25, 0.3) is 0 Å². The minimum atomic E-state index is -3.58. The largest absolute Gasteiger partial charge is 0.497 e. The number of urea groups is 1. The number of aryl methyl sites for hydroxylation is 2. The molecule has 10 heteroatoms. The maximum absolute atomic E-state index is 13.4. The van der Waals surface area contributed by atoms with E-state index in [1.165, 1.54) is 0 Å². The first kappa shape index (κ1) is 27.9. The molecule has 1 fully saturated rings. The smallest absolute Gasteiger partial charge is 0.319 e. The number of nitrogens with zero attached hydrogens (tertiary/aromatic N) is 3. The van der Waals surface area contributed by atoms with E-state index in [0.29, 0.717) is 30.3 Å². The number of carbonyl (C=O) groups is 1. The van der Waals surface area contributed by atoms with Gasteiger partial charge in [0.15, 0.2) is 0 Å². The molecule has 0 spiro atoms. The van der Waals surface area contributed by atoms with Crippen LogP contribution in [-0.2, 0) is 16.4 Å². The number of hydrogen-bond donors (Lipinski definition) is 2. The quantitative estimate of drug-likeness (QED) is 0.472. The number of anilines is 1. The summed E-state index contributed by atoms with van der Waals surface area (Å²) in [4.78, 5) is 19.3. The van der Waals surface area contributed by atoms with Gasteiger partial charge < -0.3 is 20.3 Å². The van der Waals surface area contributed by atoms with Crippen LogP contribution in [0.15, 0.2) is 41.3 Å². The summed E-state index contributed by atoms with van der Waals surface area (Å²) in [5, 5.41) is 5.80. The molecule has 2 heterocycles. The summed E-state index contributed by atoms with van der Waals surface area (Å²) in [6.45, 7) is 9.25. The van der Waals surface area contributed by atoms with Crippen LogP contribution in [0.3, 0.4) is 0 Å². The number of piperidine rings is 1. The van der Waals surface area contributed by atoms with Crippen molar-refractivity contribution in [3.05, 3.63) is 47.8 Å². The molecule has 2 N–H and O–H groups in total. The number of ether oxygens (including phenoxy) is 1. The fourth-order valence-corrected chi connectivity index (χ4v) is 6.30. The number of amides is 2. The van der Waals surface area contributed by atoms with Gasteiger partial charge in [-0.2, -0.15) is 4.31 Å². The fourth-order valence-electron chi connectivity index (χ4n) is 4.53. The number of hydrogen-bond acceptors (Lipinski definition) is 6. The zero-order valence-electron chi connectivity index (χ0n) is 21.8. The zero-order valence-corrected chi connectivity index (χ0v) is 22.6. The van der Waals surface area contributed by atoms with Crippen LogP contribution in [0.25, 0.3) is 0 Å². The Hall–Kier alpha value is -2.69. The summed E-state index contributed by atoms with van der Waals surface area (Å²) in [5.41, 5.74) is 2.56. The molecule has 2 aromatic rings. The SMILES string of the molecule is CCCN(C1CCN(CCNC(=O)Nc2cc(C)nc(CC)c2)CC1)S(=O)(=O)c1ccc(OC)cc1. The first-order chi connectivity index (χ1) is 17.3. The second kappa shape index (κ2) is 13.0. The topological polar surface area (TPSA) is 104 Å². The molecule has 1 aromatic carbocycles. The molecule has 1 saturated heterocycles. The molecule has 1 aliphatic rings. The van der Waals surface area contributed by atoms with Crippen molar-refractivity contribution in [2.75, 3.05) is 45.2 Å². The van der Waals surface area contributed by atoms with Gasteiger partial charge in [-0.15, -0.1) is 0 Å². The minimum absolute atomic E-state index is 0.0350. The molecular formula is C26H39N5O4S. The summed E-state index contributed by atoms with van der Waals surface area (Å²) in [7, 11) is -2.02. The predicted octanol–water partition coefficient (Wildman–Crippen LogP) is 3.65. The average molecular weight is 518 g/mol. The van der Waals surface area contributed by atoms with Gasteiger partial charge in [-0.3, -0.25) is 4.98 Å². The number of benzene rings is 1. The Morgan fingerprint density at radius 3 is 2.47 bits per heavy atom. The van der Waals surface area contributed by atoms with Crippen LogP contribution < -0.4 is 15.4 Å². The van der Waals surface area contributed by atoms with E-state index in [1.54, 1.807) is 35.7 Å². The van der Waals surface area contributed by atoms with Crippen LogP contribution in [0.2, 0.25) is 0 Å². The van der Waals surface area contributed by atoms with E-state index in [0.717, 1.165) is 55.8 Å². The van der Waals surface area contributed by atoms with E-state index in [-0.39, 0.29) is 12.1 Å². The fraction of sp³-hybridized carbons (Fsp3) is 0.538. The van der Waals surface area contributed by atoms with Gasteiger partial charge in [-0.1, -0.05) is 13.8 Å². The van der Waals surface area contributed by atoms with Crippen molar-refractivity contribution in [3.8, 4) is 5.75 Å². The standard InChI is InChI=1S/C26H39N5O4S/c1-5-14-31(36(33,34)25-9-7-24(35-4)8-10-25)23-11-15-30(16-12-23)17-13-27-26(32)29-22-18-20(3)28-21(6-2)19-22/h7-10,18-19,23H,5-6,11-17H2,1-4H3,(H2,27,28,29,32). The van der Waals surface area contributed by atoms with Crippen LogP contribution >= 0.6 is 0 Å². The Kier molecular flexibility index (Phi) is 10.1. The predicted molar refractivity (Wildman–Crippen MR) is 142 cm³/mol. The Morgan fingerprint density at radius 1 is 1.17 bits per heavy atom. The summed E-state index contributed by atoms with van der Waals surface area (Å²) >= 11 is 0. The third-order valence-electron chi connectivity index (χ3n) is 6.41. The van der Waals surface area contributed by atoms with Crippen molar-refractivity contribution < 1.29 is 17.9 Å². The third-order valence-corrected chi connectivity index (χ3v) is 8.38. The highest BCUT2D eigenvalue weighted by Crippen LogP contribution is 2.26. The lowest BCUT2D eigenvalue weighted by atomic mass is 10.0. The lowest BCUT2D eigenvalue weighted by Gasteiger charge is -2.37. The van der Waals surface area contributed by atoms with E-state index in [9.17, 15) is 13.2 Å².